The Kier molecular flexibility index (Phi) is 5.09. The average Bonchev–Trinajstić information content (AvgIpc) is 3.16. The number of halogens is 1. The molecule has 0 bridgehead atoms. The normalized spacial score (nSPS) is 20.0. The van der Waals surface area contributed by atoms with Gasteiger partial charge in [0.05, 0.1) is 5.69 Å². The molecule has 2 aromatic rings. The van der Waals surface area contributed by atoms with E-state index in [1.165, 1.54) is 43.5 Å². The third-order valence-electron chi connectivity index (χ3n) is 5.24. The van der Waals surface area contributed by atoms with Gasteiger partial charge in [-0.3, -0.25) is 14.9 Å². The molecule has 0 atom stereocenters. The summed E-state index contributed by atoms with van der Waals surface area (Å²) in [5, 5.41) is 2.35. The molecule has 2 heterocycles. The number of aromatic nitrogens is 1. The van der Waals surface area contributed by atoms with Crippen LogP contribution in [0.5, 0.6) is 0 Å². The van der Waals surface area contributed by atoms with Gasteiger partial charge in [0.1, 0.15) is 11.4 Å². The fraction of sp³-hybridized carbons (Fsp3) is 0.286. The number of carbonyl (C=O) groups is 2. The van der Waals surface area contributed by atoms with Crippen molar-refractivity contribution in [1.29, 1.82) is 0 Å². The van der Waals surface area contributed by atoms with Crippen LogP contribution in [0.4, 0.5) is 10.1 Å². The highest BCUT2D eigenvalue weighted by molar-refractivity contribution is 7.80. The zero-order valence-electron chi connectivity index (χ0n) is 15.2. The summed E-state index contributed by atoms with van der Waals surface area (Å²) in [4.78, 5) is 26.3. The summed E-state index contributed by atoms with van der Waals surface area (Å²) in [6.07, 6.45) is 11.4. The Morgan fingerprint density at radius 1 is 1.11 bits per heavy atom. The second-order valence-corrected chi connectivity index (χ2v) is 7.48. The maximum absolute atomic E-state index is 14.2. The van der Waals surface area contributed by atoms with Crippen LogP contribution in [0.3, 0.4) is 0 Å². The summed E-state index contributed by atoms with van der Waals surface area (Å²) in [5.74, 6) is -1.80. The molecule has 1 N–H and O–H groups in total. The molecule has 1 aromatic carbocycles. The van der Waals surface area contributed by atoms with Gasteiger partial charge in [-0.2, -0.15) is 0 Å². The zero-order valence-corrected chi connectivity index (χ0v) is 16.0. The van der Waals surface area contributed by atoms with E-state index < -0.39 is 17.6 Å². The topological polar surface area (TPSA) is 54.3 Å². The fourth-order valence-electron chi connectivity index (χ4n) is 3.80. The maximum atomic E-state index is 14.2. The summed E-state index contributed by atoms with van der Waals surface area (Å²) < 4.78 is 16.3. The first kappa shape index (κ1) is 18.6. The molecule has 1 saturated carbocycles. The van der Waals surface area contributed by atoms with E-state index in [-0.39, 0.29) is 16.4 Å². The van der Waals surface area contributed by atoms with Gasteiger partial charge in [-0.15, -0.1) is 0 Å². The molecule has 28 heavy (non-hydrogen) atoms. The number of hydrogen-bond acceptors (Lipinski definition) is 3. The van der Waals surface area contributed by atoms with Crippen molar-refractivity contribution in [1.82, 2.24) is 9.88 Å². The van der Waals surface area contributed by atoms with Crippen molar-refractivity contribution in [2.24, 2.45) is 0 Å². The molecule has 4 rings (SSSR count). The van der Waals surface area contributed by atoms with E-state index in [1.807, 2.05) is 18.5 Å². The van der Waals surface area contributed by atoms with Gasteiger partial charge < -0.3 is 4.57 Å². The predicted molar refractivity (Wildman–Crippen MR) is 109 cm³/mol. The van der Waals surface area contributed by atoms with Crippen molar-refractivity contribution in [2.75, 3.05) is 4.90 Å². The van der Waals surface area contributed by atoms with E-state index in [4.69, 9.17) is 12.2 Å². The molecule has 2 amide bonds. The minimum Gasteiger partial charge on any atom is -0.351 e. The molecule has 0 radical (unpaired) electrons. The molecule has 1 saturated heterocycles. The minimum absolute atomic E-state index is 0.0168. The first-order chi connectivity index (χ1) is 13.5. The highest BCUT2D eigenvalue weighted by atomic mass is 32.1. The molecule has 1 aromatic heterocycles. The van der Waals surface area contributed by atoms with E-state index in [0.717, 1.165) is 23.3 Å². The molecule has 2 fully saturated rings. The van der Waals surface area contributed by atoms with Crippen LogP contribution in [0.1, 0.15) is 43.7 Å². The Balaban J connectivity index is 1.64. The molecule has 1 aliphatic heterocycles. The molecule has 0 unspecified atom stereocenters. The van der Waals surface area contributed by atoms with Crippen molar-refractivity contribution in [3.8, 4) is 0 Å². The smallest absolute Gasteiger partial charge is 0.270 e. The summed E-state index contributed by atoms with van der Waals surface area (Å²) in [6, 6.07) is 8.17. The number of benzene rings is 1. The highest BCUT2D eigenvalue weighted by Gasteiger charge is 2.35. The van der Waals surface area contributed by atoms with Crippen LogP contribution in [-0.2, 0) is 9.59 Å². The lowest BCUT2D eigenvalue weighted by Crippen LogP contribution is -2.54. The SMILES string of the molecule is O=C1NC(=S)N(c2ccccc2F)C(=O)/C1=C\c1ccn(C2CCCCC2)c1. The third kappa shape index (κ3) is 3.49. The Morgan fingerprint density at radius 2 is 1.86 bits per heavy atom. The first-order valence-electron chi connectivity index (χ1n) is 9.38. The maximum Gasteiger partial charge on any atom is 0.270 e. The lowest BCUT2D eigenvalue weighted by atomic mass is 9.95. The Labute approximate surface area is 167 Å². The number of para-hydroxylation sites is 1. The van der Waals surface area contributed by atoms with Crippen molar-refractivity contribution < 1.29 is 14.0 Å². The van der Waals surface area contributed by atoms with Crippen LogP contribution >= 0.6 is 12.2 Å². The lowest BCUT2D eigenvalue weighted by Gasteiger charge is -2.29. The number of nitrogens with zero attached hydrogens (tertiary/aromatic N) is 2. The van der Waals surface area contributed by atoms with Gasteiger partial charge in [-0.1, -0.05) is 31.4 Å². The predicted octanol–water partition coefficient (Wildman–Crippen LogP) is 3.96. The molecule has 5 nitrogen and oxygen atoms in total. The van der Waals surface area contributed by atoms with Gasteiger partial charge >= 0.3 is 0 Å². The van der Waals surface area contributed by atoms with Gasteiger partial charge in [0.15, 0.2) is 5.11 Å². The molecule has 144 valence electrons. The van der Waals surface area contributed by atoms with E-state index >= 15 is 0 Å². The van der Waals surface area contributed by atoms with Crippen LogP contribution in [0.15, 0.2) is 48.3 Å². The number of anilines is 1. The summed E-state index contributed by atoms with van der Waals surface area (Å²) in [7, 11) is 0. The third-order valence-corrected chi connectivity index (χ3v) is 5.52. The van der Waals surface area contributed by atoms with Crippen LogP contribution in [-0.4, -0.2) is 21.5 Å². The summed E-state index contributed by atoms with van der Waals surface area (Å²) in [5.41, 5.74) is 0.701. The van der Waals surface area contributed by atoms with Gasteiger partial charge in [-0.05, 0) is 54.9 Å². The molecular weight excluding hydrogens is 377 g/mol. The number of hydrogen-bond donors (Lipinski definition) is 1. The molecule has 7 heteroatoms. The second kappa shape index (κ2) is 7.67. The number of rotatable bonds is 3. The van der Waals surface area contributed by atoms with Crippen LogP contribution in [0.2, 0.25) is 0 Å². The molecule has 0 spiro atoms. The van der Waals surface area contributed by atoms with E-state index in [9.17, 15) is 14.0 Å². The fourth-order valence-corrected chi connectivity index (χ4v) is 4.07. The Hall–Kier alpha value is -2.80. The van der Waals surface area contributed by atoms with Crippen LogP contribution in [0.25, 0.3) is 6.08 Å². The average molecular weight is 397 g/mol. The standard InChI is InChI=1S/C21H20FN3O2S/c22-17-8-4-5-9-18(17)25-20(27)16(19(26)23-21(25)28)12-14-10-11-24(13-14)15-6-2-1-3-7-15/h4-5,8-13,15H,1-3,6-7H2,(H,23,26,28)/b16-12-. The van der Waals surface area contributed by atoms with E-state index in [1.54, 1.807) is 6.07 Å². The number of carbonyl (C=O) groups excluding carboxylic acids is 2. The van der Waals surface area contributed by atoms with Crippen molar-refractivity contribution >= 4 is 40.9 Å². The Bertz CT molecular complexity index is 976. The number of nitrogens with one attached hydrogen (secondary N) is 1. The molecule has 2 aliphatic rings. The van der Waals surface area contributed by atoms with Crippen molar-refractivity contribution in [3.05, 3.63) is 59.7 Å². The van der Waals surface area contributed by atoms with Gasteiger partial charge in [-0.25, -0.2) is 9.29 Å². The monoisotopic (exact) mass is 397 g/mol. The van der Waals surface area contributed by atoms with Gasteiger partial charge in [0.25, 0.3) is 11.8 Å². The minimum atomic E-state index is -0.635. The quantitative estimate of drug-likeness (QED) is 0.485. The Morgan fingerprint density at radius 3 is 2.61 bits per heavy atom. The first-order valence-corrected chi connectivity index (χ1v) is 9.79. The zero-order chi connectivity index (χ0) is 19.7. The van der Waals surface area contributed by atoms with Gasteiger partial charge in [0.2, 0.25) is 0 Å². The largest absolute Gasteiger partial charge is 0.351 e. The van der Waals surface area contributed by atoms with Crippen LogP contribution in [0, 0.1) is 5.82 Å². The van der Waals surface area contributed by atoms with Crippen molar-refractivity contribution in [3.63, 3.8) is 0 Å². The summed E-state index contributed by atoms with van der Waals surface area (Å²) in [6.45, 7) is 0. The number of amides is 2. The highest BCUT2D eigenvalue weighted by Crippen LogP contribution is 2.29. The number of thiocarbonyl (C=S) groups is 1. The van der Waals surface area contributed by atoms with E-state index in [0.29, 0.717) is 6.04 Å². The van der Waals surface area contributed by atoms with Crippen LogP contribution < -0.4 is 10.2 Å². The molecular formula is C21H20FN3O2S. The lowest BCUT2D eigenvalue weighted by molar-refractivity contribution is -0.122. The van der Waals surface area contributed by atoms with Gasteiger partial charge in [0, 0.05) is 18.4 Å². The summed E-state index contributed by atoms with van der Waals surface area (Å²) >= 11 is 5.11. The van der Waals surface area contributed by atoms with Crippen molar-refractivity contribution in [2.45, 2.75) is 38.1 Å². The second-order valence-electron chi connectivity index (χ2n) is 7.09. The molecule has 1 aliphatic carbocycles. The van der Waals surface area contributed by atoms with E-state index in [2.05, 4.69) is 9.88 Å².